The first-order valence-electron chi connectivity index (χ1n) is 9.69. The maximum Gasteiger partial charge on any atom is 0.258 e. The molecule has 0 aliphatic carbocycles. The Morgan fingerprint density at radius 1 is 1.14 bits per heavy atom. The number of amides is 1. The Balaban J connectivity index is 1.68. The maximum absolute atomic E-state index is 13.6. The lowest BCUT2D eigenvalue weighted by Crippen LogP contribution is -2.37. The van der Waals surface area contributed by atoms with Crippen molar-refractivity contribution in [3.8, 4) is 11.3 Å². The Bertz CT molecular complexity index is 959. The van der Waals surface area contributed by atoms with Gasteiger partial charge in [-0.05, 0) is 25.0 Å². The summed E-state index contributed by atoms with van der Waals surface area (Å²) in [6, 6.07) is 15.2. The Morgan fingerprint density at radius 3 is 2.69 bits per heavy atom. The van der Waals surface area contributed by atoms with Gasteiger partial charge in [0.2, 0.25) is 5.95 Å². The van der Waals surface area contributed by atoms with Crippen molar-refractivity contribution < 1.29 is 9.53 Å². The van der Waals surface area contributed by atoms with Crippen LogP contribution < -0.4 is 5.73 Å². The summed E-state index contributed by atoms with van der Waals surface area (Å²) in [6.07, 6.45) is 5.21. The molecule has 2 aromatic heterocycles. The first kappa shape index (κ1) is 19.0. The SMILES string of the molecule is Nc1ncc(C(=O)N(Cc2ccccn2)CC2CCCO2)c(-c2ccccc2)n1. The van der Waals surface area contributed by atoms with Gasteiger partial charge in [0.25, 0.3) is 5.91 Å². The minimum Gasteiger partial charge on any atom is -0.376 e. The number of hydrogen-bond acceptors (Lipinski definition) is 6. The van der Waals surface area contributed by atoms with E-state index in [9.17, 15) is 4.79 Å². The van der Waals surface area contributed by atoms with Crippen molar-refractivity contribution in [2.45, 2.75) is 25.5 Å². The molecule has 1 aliphatic rings. The Labute approximate surface area is 169 Å². The summed E-state index contributed by atoms with van der Waals surface area (Å²) in [5.74, 6) is -0.0270. The van der Waals surface area contributed by atoms with Crippen LogP contribution in [0.5, 0.6) is 0 Å². The molecule has 4 rings (SSSR count). The average Bonchev–Trinajstić information content (AvgIpc) is 3.27. The maximum atomic E-state index is 13.6. The van der Waals surface area contributed by atoms with Gasteiger partial charge in [0.05, 0.1) is 29.6 Å². The lowest BCUT2D eigenvalue weighted by atomic mass is 10.1. The average molecular weight is 389 g/mol. The molecule has 148 valence electrons. The summed E-state index contributed by atoms with van der Waals surface area (Å²) in [6.45, 7) is 1.61. The van der Waals surface area contributed by atoms with E-state index in [4.69, 9.17) is 10.5 Å². The molecule has 1 unspecified atom stereocenters. The van der Waals surface area contributed by atoms with Crippen LogP contribution in [0, 0.1) is 0 Å². The molecule has 1 saturated heterocycles. The zero-order valence-corrected chi connectivity index (χ0v) is 16.1. The molecular weight excluding hydrogens is 366 g/mol. The van der Waals surface area contributed by atoms with E-state index in [1.54, 1.807) is 11.1 Å². The summed E-state index contributed by atoms with van der Waals surface area (Å²) in [4.78, 5) is 28.1. The fourth-order valence-corrected chi connectivity index (χ4v) is 3.48. The number of pyridine rings is 1. The minimum atomic E-state index is -0.162. The van der Waals surface area contributed by atoms with Crippen LogP contribution in [-0.4, -0.2) is 45.0 Å². The van der Waals surface area contributed by atoms with Crippen LogP contribution in [0.1, 0.15) is 28.9 Å². The standard InChI is InChI=1S/C22H23N5O2/c23-22-25-13-19(20(26-22)16-7-2-1-3-8-16)21(28)27(15-18-10-6-12-29-18)14-17-9-4-5-11-24-17/h1-5,7-9,11,13,18H,6,10,12,14-15H2,(H2,23,25,26). The Kier molecular flexibility index (Phi) is 5.76. The lowest BCUT2D eigenvalue weighted by molar-refractivity contribution is 0.0504. The Hall–Kier alpha value is -3.32. The van der Waals surface area contributed by atoms with Crippen LogP contribution in [0.15, 0.2) is 60.9 Å². The number of anilines is 1. The van der Waals surface area contributed by atoms with Crippen LogP contribution >= 0.6 is 0 Å². The van der Waals surface area contributed by atoms with Gasteiger partial charge in [-0.1, -0.05) is 36.4 Å². The molecule has 2 N–H and O–H groups in total. The molecule has 1 fully saturated rings. The smallest absolute Gasteiger partial charge is 0.258 e. The molecule has 0 saturated carbocycles. The molecule has 7 heteroatoms. The summed E-state index contributed by atoms with van der Waals surface area (Å²) in [5.41, 5.74) is 8.40. The van der Waals surface area contributed by atoms with Crippen molar-refractivity contribution in [1.82, 2.24) is 19.9 Å². The fraction of sp³-hybridized carbons (Fsp3) is 0.273. The molecule has 0 radical (unpaired) electrons. The van der Waals surface area contributed by atoms with Crippen LogP contribution in [-0.2, 0) is 11.3 Å². The molecule has 3 heterocycles. The van der Waals surface area contributed by atoms with E-state index in [-0.39, 0.29) is 18.0 Å². The summed E-state index contributed by atoms with van der Waals surface area (Å²) in [5, 5.41) is 0. The molecule has 29 heavy (non-hydrogen) atoms. The molecule has 1 atom stereocenters. The number of nitrogens with zero attached hydrogens (tertiary/aromatic N) is 4. The zero-order valence-electron chi connectivity index (χ0n) is 16.1. The van der Waals surface area contributed by atoms with Gasteiger partial charge in [0, 0.05) is 31.1 Å². The molecule has 0 spiro atoms. The molecule has 7 nitrogen and oxygen atoms in total. The second kappa shape index (κ2) is 8.79. The zero-order chi connectivity index (χ0) is 20.1. The second-order valence-corrected chi connectivity index (χ2v) is 7.00. The highest BCUT2D eigenvalue weighted by Gasteiger charge is 2.26. The van der Waals surface area contributed by atoms with E-state index in [0.29, 0.717) is 24.3 Å². The van der Waals surface area contributed by atoms with Crippen LogP contribution in [0.25, 0.3) is 11.3 Å². The number of rotatable bonds is 6. The first-order valence-corrected chi connectivity index (χ1v) is 9.69. The van der Waals surface area contributed by atoms with Crippen molar-refractivity contribution in [2.24, 2.45) is 0 Å². The number of carbonyl (C=O) groups excluding carboxylic acids is 1. The van der Waals surface area contributed by atoms with Gasteiger partial charge in [0.15, 0.2) is 0 Å². The van der Waals surface area contributed by atoms with Crippen molar-refractivity contribution in [1.29, 1.82) is 0 Å². The molecule has 0 bridgehead atoms. The third-order valence-electron chi connectivity index (χ3n) is 4.90. The van der Waals surface area contributed by atoms with Crippen LogP contribution in [0.3, 0.4) is 0 Å². The molecule has 3 aromatic rings. The summed E-state index contributed by atoms with van der Waals surface area (Å²) < 4.78 is 5.78. The monoisotopic (exact) mass is 389 g/mol. The van der Waals surface area contributed by atoms with E-state index >= 15 is 0 Å². The predicted molar refractivity (Wildman–Crippen MR) is 110 cm³/mol. The van der Waals surface area contributed by atoms with Gasteiger partial charge in [-0.25, -0.2) is 9.97 Å². The fourth-order valence-electron chi connectivity index (χ4n) is 3.48. The van der Waals surface area contributed by atoms with Crippen molar-refractivity contribution in [3.05, 3.63) is 72.2 Å². The third-order valence-corrected chi connectivity index (χ3v) is 4.90. The number of hydrogen-bond donors (Lipinski definition) is 1. The number of carbonyl (C=O) groups is 1. The van der Waals surface area contributed by atoms with Crippen LogP contribution in [0.2, 0.25) is 0 Å². The second-order valence-electron chi connectivity index (χ2n) is 7.00. The highest BCUT2D eigenvalue weighted by atomic mass is 16.5. The van der Waals surface area contributed by atoms with Crippen molar-refractivity contribution in [3.63, 3.8) is 0 Å². The summed E-state index contributed by atoms with van der Waals surface area (Å²) in [7, 11) is 0. The number of benzene rings is 1. The van der Waals surface area contributed by atoms with Gasteiger partial charge in [-0.15, -0.1) is 0 Å². The summed E-state index contributed by atoms with van der Waals surface area (Å²) >= 11 is 0. The normalized spacial score (nSPS) is 15.9. The molecule has 1 aliphatic heterocycles. The van der Waals surface area contributed by atoms with Gasteiger partial charge >= 0.3 is 0 Å². The van der Waals surface area contributed by atoms with Crippen molar-refractivity contribution >= 4 is 11.9 Å². The van der Waals surface area contributed by atoms with E-state index in [1.165, 1.54) is 6.20 Å². The first-order chi connectivity index (χ1) is 14.2. The highest BCUT2D eigenvalue weighted by Crippen LogP contribution is 2.24. The van der Waals surface area contributed by atoms with E-state index in [1.807, 2.05) is 48.5 Å². The third kappa shape index (κ3) is 4.57. The lowest BCUT2D eigenvalue weighted by Gasteiger charge is -2.26. The number of nitrogen functional groups attached to an aromatic ring is 1. The van der Waals surface area contributed by atoms with Gasteiger partial charge in [0.1, 0.15) is 0 Å². The topological polar surface area (TPSA) is 94.2 Å². The number of ether oxygens (including phenoxy) is 1. The van der Waals surface area contributed by atoms with E-state index in [2.05, 4.69) is 15.0 Å². The van der Waals surface area contributed by atoms with Crippen LogP contribution in [0.4, 0.5) is 5.95 Å². The quantitative estimate of drug-likeness (QED) is 0.697. The predicted octanol–water partition coefficient (Wildman–Crippen LogP) is 2.94. The van der Waals surface area contributed by atoms with Gasteiger partial charge in [-0.3, -0.25) is 9.78 Å². The molecule has 1 amide bonds. The van der Waals surface area contributed by atoms with E-state index in [0.717, 1.165) is 30.7 Å². The number of nitrogens with two attached hydrogens (primary N) is 1. The largest absolute Gasteiger partial charge is 0.376 e. The molecular formula is C22H23N5O2. The van der Waals surface area contributed by atoms with Gasteiger partial charge in [-0.2, -0.15) is 0 Å². The minimum absolute atomic E-state index is 0.0255. The number of aromatic nitrogens is 3. The highest BCUT2D eigenvalue weighted by molar-refractivity contribution is 5.99. The molecule has 1 aromatic carbocycles. The van der Waals surface area contributed by atoms with E-state index < -0.39 is 0 Å². The Morgan fingerprint density at radius 2 is 1.97 bits per heavy atom. The van der Waals surface area contributed by atoms with Gasteiger partial charge < -0.3 is 15.4 Å². The van der Waals surface area contributed by atoms with Crippen molar-refractivity contribution in [2.75, 3.05) is 18.9 Å².